The van der Waals surface area contributed by atoms with E-state index in [1.165, 1.54) is 6.07 Å². The predicted molar refractivity (Wildman–Crippen MR) is 99.2 cm³/mol. The molecule has 1 aliphatic heterocycles. The van der Waals surface area contributed by atoms with E-state index in [1.807, 2.05) is 41.3 Å². The van der Waals surface area contributed by atoms with Crippen molar-refractivity contribution in [1.29, 1.82) is 0 Å². The van der Waals surface area contributed by atoms with Crippen LogP contribution in [0.5, 0.6) is 5.75 Å². The van der Waals surface area contributed by atoms with E-state index in [2.05, 4.69) is 0 Å². The highest BCUT2D eigenvalue weighted by atomic mass is 16.5. The van der Waals surface area contributed by atoms with Crippen LogP contribution in [-0.2, 0) is 4.79 Å². The number of nitrogens with zero attached hydrogens (tertiary/aromatic N) is 1. The van der Waals surface area contributed by atoms with E-state index in [4.69, 9.17) is 9.15 Å². The summed E-state index contributed by atoms with van der Waals surface area (Å²) in [6.45, 7) is 1.60. The lowest BCUT2D eigenvalue weighted by atomic mass is 10.0. The van der Waals surface area contributed by atoms with Crippen molar-refractivity contribution in [2.24, 2.45) is 0 Å². The number of carbonyl (C=O) groups is 1. The van der Waals surface area contributed by atoms with Crippen molar-refractivity contribution < 1.29 is 13.9 Å². The molecule has 1 saturated heterocycles. The van der Waals surface area contributed by atoms with Gasteiger partial charge in [-0.05, 0) is 36.1 Å². The maximum Gasteiger partial charge on any atom is 0.336 e. The first-order chi connectivity index (χ1) is 12.7. The SMILES string of the molecule is O=C(COc1ccc2c(-c3ccccc3)cc(=O)oc2c1)N1CCCC1. The lowest BCUT2D eigenvalue weighted by molar-refractivity contribution is -0.132. The van der Waals surface area contributed by atoms with E-state index in [0.29, 0.717) is 11.3 Å². The lowest BCUT2D eigenvalue weighted by Gasteiger charge is -2.15. The predicted octanol–water partition coefficient (Wildman–Crippen LogP) is 3.46. The first kappa shape index (κ1) is 16.4. The fourth-order valence-corrected chi connectivity index (χ4v) is 3.29. The topological polar surface area (TPSA) is 59.8 Å². The average molecular weight is 349 g/mol. The number of carbonyl (C=O) groups excluding carboxylic acids is 1. The molecule has 0 unspecified atom stereocenters. The highest BCUT2D eigenvalue weighted by Crippen LogP contribution is 2.29. The van der Waals surface area contributed by atoms with E-state index in [-0.39, 0.29) is 12.5 Å². The van der Waals surface area contributed by atoms with Gasteiger partial charge in [0.25, 0.3) is 5.91 Å². The maximum atomic E-state index is 12.1. The summed E-state index contributed by atoms with van der Waals surface area (Å²) in [6, 6.07) is 16.5. The van der Waals surface area contributed by atoms with Crippen LogP contribution in [0.4, 0.5) is 0 Å². The van der Waals surface area contributed by atoms with Crippen LogP contribution in [0.1, 0.15) is 12.8 Å². The minimum Gasteiger partial charge on any atom is -0.484 e. The van der Waals surface area contributed by atoms with E-state index in [0.717, 1.165) is 42.4 Å². The van der Waals surface area contributed by atoms with E-state index < -0.39 is 5.63 Å². The third-order valence-electron chi connectivity index (χ3n) is 4.62. The van der Waals surface area contributed by atoms with Crippen LogP contribution < -0.4 is 10.4 Å². The van der Waals surface area contributed by atoms with Crippen LogP contribution in [0.25, 0.3) is 22.1 Å². The summed E-state index contributed by atoms with van der Waals surface area (Å²) in [5.41, 5.74) is 1.80. The zero-order valence-corrected chi connectivity index (χ0v) is 14.3. The summed E-state index contributed by atoms with van der Waals surface area (Å²) in [4.78, 5) is 25.9. The van der Waals surface area contributed by atoms with Crippen LogP contribution >= 0.6 is 0 Å². The van der Waals surface area contributed by atoms with Gasteiger partial charge in [-0.3, -0.25) is 4.79 Å². The second-order valence-corrected chi connectivity index (χ2v) is 6.38. The number of amides is 1. The molecule has 0 bridgehead atoms. The molecule has 1 aromatic heterocycles. The fourth-order valence-electron chi connectivity index (χ4n) is 3.29. The van der Waals surface area contributed by atoms with Gasteiger partial charge in [0.05, 0.1) is 0 Å². The van der Waals surface area contributed by atoms with Crippen LogP contribution in [0, 0.1) is 0 Å². The van der Waals surface area contributed by atoms with Gasteiger partial charge in [0.15, 0.2) is 6.61 Å². The van der Waals surface area contributed by atoms with Crippen LogP contribution in [0.15, 0.2) is 63.8 Å². The Kier molecular flexibility index (Phi) is 4.44. The number of benzene rings is 2. The van der Waals surface area contributed by atoms with Gasteiger partial charge in [-0.2, -0.15) is 0 Å². The molecule has 3 aromatic rings. The molecule has 5 heteroatoms. The van der Waals surface area contributed by atoms with E-state index in [1.54, 1.807) is 12.1 Å². The molecule has 0 aliphatic carbocycles. The maximum absolute atomic E-state index is 12.1. The Balaban J connectivity index is 1.61. The van der Waals surface area contributed by atoms with Gasteiger partial charge >= 0.3 is 5.63 Å². The molecule has 26 heavy (non-hydrogen) atoms. The molecule has 2 heterocycles. The first-order valence-electron chi connectivity index (χ1n) is 8.74. The zero-order chi connectivity index (χ0) is 17.9. The molecule has 2 aromatic carbocycles. The molecule has 5 nitrogen and oxygen atoms in total. The molecule has 0 spiro atoms. The average Bonchev–Trinajstić information content (AvgIpc) is 3.20. The summed E-state index contributed by atoms with van der Waals surface area (Å²) in [7, 11) is 0. The quantitative estimate of drug-likeness (QED) is 0.677. The molecular weight excluding hydrogens is 330 g/mol. The summed E-state index contributed by atoms with van der Waals surface area (Å²) >= 11 is 0. The Hall–Kier alpha value is -3.08. The molecule has 1 fully saturated rings. The third kappa shape index (κ3) is 3.33. The van der Waals surface area contributed by atoms with Crippen molar-refractivity contribution in [3.63, 3.8) is 0 Å². The van der Waals surface area contributed by atoms with Gasteiger partial charge in [-0.25, -0.2) is 4.79 Å². The Morgan fingerprint density at radius 2 is 1.81 bits per heavy atom. The number of fused-ring (bicyclic) bond motifs is 1. The zero-order valence-electron chi connectivity index (χ0n) is 14.3. The first-order valence-corrected chi connectivity index (χ1v) is 8.74. The summed E-state index contributed by atoms with van der Waals surface area (Å²) in [6.07, 6.45) is 2.10. The monoisotopic (exact) mass is 349 g/mol. The lowest BCUT2D eigenvalue weighted by Crippen LogP contribution is -2.32. The van der Waals surface area contributed by atoms with Crippen molar-refractivity contribution in [1.82, 2.24) is 4.90 Å². The van der Waals surface area contributed by atoms with Gasteiger partial charge in [-0.15, -0.1) is 0 Å². The van der Waals surface area contributed by atoms with Crippen molar-refractivity contribution in [2.45, 2.75) is 12.8 Å². The number of likely N-dealkylation sites (tertiary alicyclic amines) is 1. The fraction of sp³-hybridized carbons (Fsp3) is 0.238. The number of ether oxygens (including phenoxy) is 1. The van der Waals surface area contributed by atoms with Crippen LogP contribution in [-0.4, -0.2) is 30.5 Å². The highest BCUT2D eigenvalue weighted by Gasteiger charge is 2.18. The summed E-state index contributed by atoms with van der Waals surface area (Å²) in [5.74, 6) is 0.500. The minimum absolute atomic E-state index is 0.00584. The summed E-state index contributed by atoms with van der Waals surface area (Å²) < 4.78 is 11.0. The molecule has 1 amide bonds. The van der Waals surface area contributed by atoms with Gasteiger partial charge in [0.2, 0.25) is 0 Å². The molecule has 0 radical (unpaired) electrons. The normalized spacial score (nSPS) is 13.9. The Bertz CT molecular complexity index is 988. The minimum atomic E-state index is -0.415. The van der Waals surface area contributed by atoms with Crippen molar-refractivity contribution in [3.8, 4) is 16.9 Å². The molecule has 132 valence electrons. The molecule has 0 N–H and O–H groups in total. The second-order valence-electron chi connectivity index (χ2n) is 6.38. The molecule has 0 atom stereocenters. The number of hydrogen-bond donors (Lipinski definition) is 0. The van der Waals surface area contributed by atoms with Crippen molar-refractivity contribution >= 4 is 16.9 Å². The van der Waals surface area contributed by atoms with Crippen molar-refractivity contribution in [3.05, 3.63) is 65.0 Å². The van der Waals surface area contributed by atoms with Gasteiger partial charge in [0.1, 0.15) is 11.3 Å². The molecule has 1 aliphatic rings. The van der Waals surface area contributed by atoms with Gasteiger partial charge in [0, 0.05) is 30.6 Å². The van der Waals surface area contributed by atoms with Gasteiger partial charge < -0.3 is 14.1 Å². The second kappa shape index (κ2) is 7.04. The standard InChI is InChI=1S/C21H19NO4/c23-20(22-10-4-5-11-22)14-25-16-8-9-17-18(15-6-2-1-3-7-15)13-21(24)26-19(17)12-16/h1-3,6-9,12-13H,4-5,10-11,14H2. The Morgan fingerprint density at radius 3 is 2.58 bits per heavy atom. The molecular formula is C21H19NO4. The summed E-state index contributed by atoms with van der Waals surface area (Å²) in [5, 5.41) is 0.828. The van der Waals surface area contributed by atoms with E-state index >= 15 is 0 Å². The Labute approximate surface area is 150 Å². The Morgan fingerprint density at radius 1 is 1.04 bits per heavy atom. The number of hydrogen-bond acceptors (Lipinski definition) is 4. The van der Waals surface area contributed by atoms with Crippen molar-refractivity contribution in [2.75, 3.05) is 19.7 Å². The van der Waals surface area contributed by atoms with Crippen LogP contribution in [0.2, 0.25) is 0 Å². The molecule has 4 rings (SSSR count). The largest absolute Gasteiger partial charge is 0.484 e. The smallest absolute Gasteiger partial charge is 0.336 e. The number of rotatable bonds is 4. The van der Waals surface area contributed by atoms with E-state index in [9.17, 15) is 9.59 Å². The highest BCUT2D eigenvalue weighted by molar-refractivity contribution is 5.93. The molecule has 0 saturated carbocycles. The van der Waals surface area contributed by atoms with Crippen LogP contribution in [0.3, 0.4) is 0 Å². The third-order valence-corrected chi connectivity index (χ3v) is 4.62. The van der Waals surface area contributed by atoms with Gasteiger partial charge in [-0.1, -0.05) is 30.3 Å².